The molecule has 0 aliphatic rings. The van der Waals surface area contributed by atoms with Crippen LogP contribution in [0.25, 0.3) is 10.2 Å². The van der Waals surface area contributed by atoms with Crippen molar-refractivity contribution in [2.75, 3.05) is 0 Å². The Morgan fingerprint density at radius 2 is 2.10 bits per heavy atom. The minimum atomic E-state index is -0.786. The van der Waals surface area contributed by atoms with Crippen molar-refractivity contribution in [3.8, 4) is 5.75 Å². The van der Waals surface area contributed by atoms with Gasteiger partial charge in [-0.1, -0.05) is 12.1 Å². The van der Waals surface area contributed by atoms with Gasteiger partial charge in [-0.25, -0.2) is 9.37 Å². The summed E-state index contributed by atoms with van der Waals surface area (Å²) in [5, 5.41) is 10.5. The zero-order chi connectivity index (χ0) is 14.8. The molecule has 1 aromatic heterocycles. The molecule has 2 aromatic carbocycles. The first-order valence-corrected chi connectivity index (χ1v) is 7.40. The predicted octanol–water partition coefficient (Wildman–Crippen LogP) is 4.07. The van der Waals surface area contributed by atoms with Gasteiger partial charge in [0, 0.05) is 5.56 Å². The fourth-order valence-electron chi connectivity index (χ4n) is 2.10. The molecule has 1 atom stereocenters. The van der Waals surface area contributed by atoms with E-state index in [4.69, 9.17) is 4.74 Å². The third-order valence-electron chi connectivity index (χ3n) is 3.11. The minimum absolute atomic E-state index is 0.296. The van der Waals surface area contributed by atoms with E-state index < -0.39 is 11.9 Å². The average molecular weight is 303 g/mol. The number of para-hydroxylation sites is 1. The number of aromatic nitrogens is 1. The Bertz CT molecular complexity index is 737. The monoisotopic (exact) mass is 303 g/mol. The topological polar surface area (TPSA) is 42.4 Å². The van der Waals surface area contributed by atoms with Crippen molar-refractivity contribution in [1.29, 1.82) is 0 Å². The Balaban J connectivity index is 1.81. The molecule has 3 nitrogen and oxygen atoms in total. The smallest absolute Gasteiger partial charge is 0.140 e. The largest absolute Gasteiger partial charge is 0.486 e. The van der Waals surface area contributed by atoms with Crippen molar-refractivity contribution in [3.63, 3.8) is 0 Å². The van der Waals surface area contributed by atoms with Crippen LogP contribution >= 0.6 is 11.3 Å². The highest BCUT2D eigenvalue weighted by molar-refractivity contribution is 7.18. The van der Waals surface area contributed by atoms with E-state index in [2.05, 4.69) is 4.98 Å². The van der Waals surface area contributed by atoms with Crippen LogP contribution in [-0.2, 0) is 6.61 Å². The number of aliphatic hydroxyl groups excluding tert-OH is 1. The van der Waals surface area contributed by atoms with E-state index in [1.165, 1.54) is 18.2 Å². The maximum absolute atomic E-state index is 13.2. The van der Waals surface area contributed by atoms with E-state index in [9.17, 15) is 9.50 Å². The summed E-state index contributed by atoms with van der Waals surface area (Å²) in [6.07, 6.45) is -0.786. The quantitative estimate of drug-likeness (QED) is 0.790. The van der Waals surface area contributed by atoms with Crippen molar-refractivity contribution in [1.82, 2.24) is 4.98 Å². The zero-order valence-corrected chi connectivity index (χ0v) is 12.2. The maximum Gasteiger partial charge on any atom is 0.140 e. The summed E-state index contributed by atoms with van der Waals surface area (Å²) in [4.78, 5) is 4.48. The average Bonchev–Trinajstić information content (AvgIpc) is 2.88. The van der Waals surface area contributed by atoms with Gasteiger partial charge in [-0.2, -0.15) is 0 Å². The minimum Gasteiger partial charge on any atom is -0.486 e. The van der Waals surface area contributed by atoms with Gasteiger partial charge in [-0.3, -0.25) is 0 Å². The van der Waals surface area contributed by atoms with Gasteiger partial charge >= 0.3 is 0 Å². The molecular formula is C16H14FNO2S. The Labute approximate surface area is 125 Å². The van der Waals surface area contributed by atoms with Crippen LogP contribution in [0, 0.1) is 5.82 Å². The van der Waals surface area contributed by atoms with Crippen molar-refractivity contribution in [2.24, 2.45) is 0 Å². The first kappa shape index (κ1) is 14.0. The number of thiazole rings is 1. The standard InChI is InChI=1S/C16H14FNO2S/c1-10(19)12-8-11(17)6-7-14(12)20-9-16-18-13-4-2-3-5-15(13)21-16/h2-8,10,19H,9H2,1H3/t10-/m1/s1. The van der Waals surface area contributed by atoms with Crippen LogP contribution in [0.2, 0.25) is 0 Å². The highest BCUT2D eigenvalue weighted by Crippen LogP contribution is 2.28. The molecule has 108 valence electrons. The lowest BCUT2D eigenvalue weighted by molar-refractivity contribution is 0.189. The molecule has 0 amide bonds. The first-order chi connectivity index (χ1) is 10.1. The summed E-state index contributed by atoms with van der Waals surface area (Å²) < 4.78 is 20.0. The molecule has 1 heterocycles. The molecule has 0 unspecified atom stereocenters. The van der Waals surface area contributed by atoms with Crippen LogP contribution in [0.5, 0.6) is 5.75 Å². The summed E-state index contributed by atoms with van der Waals surface area (Å²) in [5.41, 5.74) is 1.38. The molecule has 5 heteroatoms. The van der Waals surface area contributed by atoms with Gasteiger partial charge in [0.25, 0.3) is 0 Å². The summed E-state index contributed by atoms with van der Waals surface area (Å²) in [6.45, 7) is 1.88. The second-order valence-electron chi connectivity index (χ2n) is 4.72. The lowest BCUT2D eigenvalue weighted by Crippen LogP contribution is -2.01. The molecule has 1 N–H and O–H groups in total. The molecule has 0 radical (unpaired) electrons. The number of hydrogen-bond acceptors (Lipinski definition) is 4. The SMILES string of the molecule is C[C@@H](O)c1cc(F)ccc1OCc1nc2ccccc2s1. The molecule has 3 aromatic rings. The Hall–Kier alpha value is -1.98. The molecule has 21 heavy (non-hydrogen) atoms. The summed E-state index contributed by atoms with van der Waals surface area (Å²) in [6, 6.07) is 12.0. The molecular weight excluding hydrogens is 289 g/mol. The second kappa shape index (κ2) is 5.79. The van der Waals surface area contributed by atoms with E-state index in [1.54, 1.807) is 18.3 Å². The van der Waals surface area contributed by atoms with Gasteiger partial charge < -0.3 is 9.84 Å². The van der Waals surface area contributed by atoms with Crippen LogP contribution in [0.3, 0.4) is 0 Å². The van der Waals surface area contributed by atoms with Gasteiger partial charge in [0.15, 0.2) is 0 Å². The Kier molecular flexibility index (Phi) is 3.86. The lowest BCUT2D eigenvalue weighted by Gasteiger charge is -2.12. The van der Waals surface area contributed by atoms with Gasteiger partial charge in [0.1, 0.15) is 23.2 Å². The third kappa shape index (κ3) is 3.04. The van der Waals surface area contributed by atoms with Crippen molar-refractivity contribution >= 4 is 21.6 Å². The number of nitrogens with zero attached hydrogens (tertiary/aromatic N) is 1. The second-order valence-corrected chi connectivity index (χ2v) is 5.84. The fourth-order valence-corrected chi connectivity index (χ4v) is 2.98. The Morgan fingerprint density at radius 1 is 1.29 bits per heavy atom. The molecule has 3 rings (SSSR count). The molecule has 0 spiro atoms. The number of rotatable bonds is 4. The predicted molar refractivity (Wildman–Crippen MR) is 81.0 cm³/mol. The van der Waals surface area contributed by atoms with Crippen molar-refractivity contribution in [3.05, 3.63) is 58.9 Å². The van der Waals surface area contributed by atoms with Crippen LogP contribution in [0.4, 0.5) is 4.39 Å². The van der Waals surface area contributed by atoms with Gasteiger partial charge in [0.05, 0.1) is 16.3 Å². The highest BCUT2D eigenvalue weighted by atomic mass is 32.1. The molecule has 0 fully saturated rings. The Morgan fingerprint density at radius 3 is 2.86 bits per heavy atom. The summed E-state index contributed by atoms with van der Waals surface area (Å²) in [5.74, 6) is 0.0869. The van der Waals surface area contributed by atoms with Crippen molar-refractivity contribution < 1.29 is 14.2 Å². The molecule has 0 bridgehead atoms. The van der Waals surface area contributed by atoms with Crippen molar-refractivity contribution in [2.45, 2.75) is 19.6 Å². The number of ether oxygens (including phenoxy) is 1. The van der Waals surface area contributed by atoms with E-state index in [0.29, 0.717) is 17.9 Å². The number of aliphatic hydroxyl groups is 1. The van der Waals surface area contributed by atoms with Gasteiger partial charge in [0.2, 0.25) is 0 Å². The maximum atomic E-state index is 13.2. The molecule has 0 aliphatic carbocycles. The third-order valence-corrected chi connectivity index (χ3v) is 4.12. The van der Waals surface area contributed by atoms with E-state index in [0.717, 1.165) is 15.2 Å². The summed E-state index contributed by atoms with van der Waals surface area (Å²) in [7, 11) is 0. The summed E-state index contributed by atoms with van der Waals surface area (Å²) >= 11 is 1.56. The van der Waals surface area contributed by atoms with Gasteiger partial charge in [-0.15, -0.1) is 11.3 Å². The van der Waals surface area contributed by atoms with E-state index in [-0.39, 0.29) is 0 Å². The van der Waals surface area contributed by atoms with Gasteiger partial charge in [-0.05, 0) is 37.3 Å². The van der Waals surface area contributed by atoms with Crippen LogP contribution < -0.4 is 4.74 Å². The first-order valence-electron chi connectivity index (χ1n) is 6.58. The fraction of sp³-hybridized carbons (Fsp3) is 0.188. The zero-order valence-electron chi connectivity index (χ0n) is 11.4. The van der Waals surface area contributed by atoms with Crippen LogP contribution in [0.15, 0.2) is 42.5 Å². The number of fused-ring (bicyclic) bond motifs is 1. The number of halogens is 1. The number of benzene rings is 2. The normalized spacial score (nSPS) is 12.5. The molecule has 0 saturated heterocycles. The highest BCUT2D eigenvalue weighted by Gasteiger charge is 2.12. The van der Waals surface area contributed by atoms with Crippen LogP contribution in [-0.4, -0.2) is 10.1 Å². The molecule has 0 aliphatic heterocycles. The van der Waals surface area contributed by atoms with Crippen LogP contribution in [0.1, 0.15) is 23.6 Å². The lowest BCUT2D eigenvalue weighted by atomic mass is 10.1. The van der Waals surface area contributed by atoms with E-state index in [1.807, 2.05) is 24.3 Å². The number of hydrogen-bond donors (Lipinski definition) is 1. The molecule has 0 saturated carbocycles. The van der Waals surface area contributed by atoms with E-state index >= 15 is 0 Å².